The first-order chi connectivity index (χ1) is 13.3. The molecule has 3 N–H and O–H groups in total. The predicted octanol–water partition coefficient (Wildman–Crippen LogP) is 1.93. The van der Waals surface area contributed by atoms with Crippen LogP contribution in [0.4, 0.5) is 0 Å². The Morgan fingerprint density at radius 3 is 2.54 bits per heavy atom. The zero-order valence-corrected chi connectivity index (χ0v) is 16.1. The number of benzene rings is 2. The lowest BCUT2D eigenvalue weighted by Gasteiger charge is -2.36. The van der Waals surface area contributed by atoms with Crippen molar-refractivity contribution in [2.45, 2.75) is 22.2 Å². The Bertz CT molecular complexity index is 964. The van der Waals surface area contributed by atoms with E-state index in [1.54, 1.807) is 24.3 Å². The summed E-state index contributed by atoms with van der Waals surface area (Å²) in [6.45, 7) is -0.490. The van der Waals surface area contributed by atoms with Crippen LogP contribution < -0.4 is 10.2 Å². The summed E-state index contributed by atoms with van der Waals surface area (Å²) in [4.78, 5) is 11.8. The number of halogens is 1. The molecule has 0 radical (unpaired) electrons. The molecule has 1 saturated heterocycles. The Balaban J connectivity index is 1.87. The number of amides is 1. The molecule has 10 heteroatoms. The fourth-order valence-electron chi connectivity index (χ4n) is 2.99. The molecule has 2 aromatic carbocycles. The standard InChI is InChI=1S/C18H18ClNO7S/c19-14-3-1-2-4-15(14)27-12-5-7-13(8-6-12)28(24,25)16-9-10-26-11-18(16,22)17(21)20-23/h1-8,16,22-23H,9-11H2,(H,20,21). The van der Waals surface area contributed by atoms with E-state index in [9.17, 15) is 18.3 Å². The lowest BCUT2D eigenvalue weighted by atomic mass is 9.95. The summed E-state index contributed by atoms with van der Waals surface area (Å²) in [5.74, 6) is -0.458. The van der Waals surface area contributed by atoms with Gasteiger partial charge in [0.1, 0.15) is 16.7 Å². The van der Waals surface area contributed by atoms with Crippen LogP contribution >= 0.6 is 11.6 Å². The van der Waals surface area contributed by atoms with Crippen molar-refractivity contribution in [1.29, 1.82) is 0 Å². The van der Waals surface area contributed by atoms with E-state index >= 15 is 0 Å². The second-order valence-corrected chi connectivity index (χ2v) is 8.78. The Morgan fingerprint density at radius 1 is 1.21 bits per heavy atom. The summed E-state index contributed by atoms with van der Waals surface area (Å²) < 4.78 is 36.7. The van der Waals surface area contributed by atoms with E-state index in [0.29, 0.717) is 16.5 Å². The minimum atomic E-state index is -4.11. The summed E-state index contributed by atoms with van der Waals surface area (Å²) in [6, 6.07) is 12.3. The molecule has 28 heavy (non-hydrogen) atoms. The van der Waals surface area contributed by atoms with Crippen LogP contribution in [-0.4, -0.2) is 48.7 Å². The van der Waals surface area contributed by atoms with E-state index in [1.165, 1.54) is 29.7 Å². The normalized spacial score (nSPS) is 22.5. The summed E-state index contributed by atoms with van der Waals surface area (Å²) in [5, 5.41) is 18.4. The van der Waals surface area contributed by atoms with Gasteiger partial charge in [-0.1, -0.05) is 23.7 Å². The number of ether oxygens (including phenoxy) is 2. The molecule has 2 atom stereocenters. The summed E-state index contributed by atoms with van der Waals surface area (Å²) >= 11 is 6.04. The Labute approximate surface area is 166 Å². The van der Waals surface area contributed by atoms with Crippen LogP contribution in [0, 0.1) is 0 Å². The minimum Gasteiger partial charge on any atom is -0.456 e. The van der Waals surface area contributed by atoms with E-state index in [-0.39, 0.29) is 17.9 Å². The maximum Gasteiger partial charge on any atom is 0.279 e. The number of hydrogen-bond acceptors (Lipinski definition) is 7. The molecule has 150 valence electrons. The molecule has 0 aromatic heterocycles. The van der Waals surface area contributed by atoms with Gasteiger partial charge in [-0.05, 0) is 42.8 Å². The molecule has 0 spiro atoms. The first kappa shape index (κ1) is 20.6. The third kappa shape index (κ3) is 3.85. The lowest BCUT2D eigenvalue weighted by Crippen LogP contribution is -2.62. The number of rotatable bonds is 5. The summed E-state index contributed by atoms with van der Waals surface area (Å²) in [5.41, 5.74) is -1.10. The number of carbonyl (C=O) groups is 1. The van der Waals surface area contributed by atoms with Crippen molar-refractivity contribution in [1.82, 2.24) is 5.48 Å². The van der Waals surface area contributed by atoms with Crippen molar-refractivity contribution < 1.29 is 33.0 Å². The van der Waals surface area contributed by atoms with Gasteiger partial charge < -0.3 is 14.6 Å². The van der Waals surface area contributed by atoms with Crippen LogP contribution in [0.25, 0.3) is 0 Å². The number of hydroxylamine groups is 1. The van der Waals surface area contributed by atoms with Crippen molar-refractivity contribution in [2.75, 3.05) is 13.2 Å². The number of sulfone groups is 1. The molecule has 8 nitrogen and oxygen atoms in total. The number of hydrogen-bond donors (Lipinski definition) is 3. The molecule has 0 bridgehead atoms. The molecule has 1 aliphatic rings. The van der Waals surface area contributed by atoms with Crippen molar-refractivity contribution in [3.8, 4) is 11.5 Å². The molecule has 1 aliphatic heterocycles. The van der Waals surface area contributed by atoms with Crippen LogP contribution in [0.5, 0.6) is 11.5 Å². The van der Waals surface area contributed by atoms with Crippen molar-refractivity contribution >= 4 is 27.3 Å². The molecule has 3 rings (SSSR count). The third-order valence-corrected chi connectivity index (χ3v) is 7.08. The van der Waals surface area contributed by atoms with Crippen LogP contribution in [-0.2, 0) is 19.4 Å². The summed E-state index contributed by atoms with van der Waals surface area (Å²) in [6.07, 6.45) is -0.107. The molecular weight excluding hydrogens is 410 g/mol. The highest BCUT2D eigenvalue weighted by Gasteiger charge is 2.53. The topological polar surface area (TPSA) is 122 Å². The van der Waals surface area contributed by atoms with Gasteiger partial charge in [0.2, 0.25) is 0 Å². The Hall–Kier alpha value is -2.17. The Kier molecular flexibility index (Phi) is 5.92. The molecule has 2 unspecified atom stereocenters. The molecule has 1 heterocycles. The predicted molar refractivity (Wildman–Crippen MR) is 99.3 cm³/mol. The first-order valence-electron chi connectivity index (χ1n) is 8.30. The molecule has 1 fully saturated rings. The highest BCUT2D eigenvalue weighted by atomic mass is 35.5. The SMILES string of the molecule is O=C(NO)C1(O)COCCC1S(=O)(=O)c1ccc(Oc2ccccc2Cl)cc1. The molecule has 0 saturated carbocycles. The third-order valence-electron chi connectivity index (χ3n) is 4.47. The molecule has 1 amide bonds. The van der Waals surface area contributed by atoms with Gasteiger partial charge in [-0.2, -0.15) is 0 Å². The number of para-hydroxylation sites is 1. The maximum absolute atomic E-state index is 13.0. The van der Waals surface area contributed by atoms with Gasteiger partial charge in [0.15, 0.2) is 15.4 Å². The first-order valence-corrected chi connectivity index (χ1v) is 10.2. The number of nitrogens with one attached hydrogen (secondary N) is 1. The van der Waals surface area contributed by atoms with Gasteiger partial charge in [0.25, 0.3) is 5.91 Å². The van der Waals surface area contributed by atoms with Gasteiger partial charge in [0.05, 0.1) is 16.5 Å². The van der Waals surface area contributed by atoms with E-state index in [0.717, 1.165) is 0 Å². The number of carbonyl (C=O) groups excluding carboxylic acids is 1. The highest BCUT2D eigenvalue weighted by molar-refractivity contribution is 7.92. The molecule has 0 aliphatic carbocycles. The molecular formula is C18H18ClNO7S. The van der Waals surface area contributed by atoms with Gasteiger partial charge in [0, 0.05) is 6.61 Å². The van der Waals surface area contributed by atoms with E-state index < -0.39 is 33.2 Å². The van der Waals surface area contributed by atoms with Gasteiger partial charge >= 0.3 is 0 Å². The average molecular weight is 428 g/mol. The van der Waals surface area contributed by atoms with E-state index in [2.05, 4.69) is 0 Å². The highest BCUT2D eigenvalue weighted by Crippen LogP contribution is 2.33. The monoisotopic (exact) mass is 427 g/mol. The lowest BCUT2D eigenvalue weighted by molar-refractivity contribution is -0.161. The zero-order chi connectivity index (χ0) is 20.4. The van der Waals surface area contributed by atoms with Gasteiger partial charge in [-0.3, -0.25) is 10.0 Å². The second kappa shape index (κ2) is 8.06. The van der Waals surface area contributed by atoms with Crippen LogP contribution in [0.15, 0.2) is 53.4 Å². The van der Waals surface area contributed by atoms with Crippen LogP contribution in [0.2, 0.25) is 5.02 Å². The van der Waals surface area contributed by atoms with Gasteiger partial charge in [-0.15, -0.1) is 0 Å². The maximum atomic E-state index is 13.0. The van der Waals surface area contributed by atoms with Gasteiger partial charge in [-0.25, -0.2) is 13.9 Å². The zero-order valence-electron chi connectivity index (χ0n) is 14.5. The van der Waals surface area contributed by atoms with Crippen molar-refractivity contribution in [3.05, 3.63) is 53.6 Å². The Morgan fingerprint density at radius 2 is 1.89 bits per heavy atom. The van der Waals surface area contributed by atoms with E-state index in [4.69, 9.17) is 26.3 Å². The average Bonchev–Trinajstić information content (AvgIpc) is 2.69. The van der Waals surface area contributed by atoms with E-state index in [1.807, 2.05) is 0 Å². The summed E-state index contributed by atoms with van der Waals surface area (Å²) in [7, 11) is -4.11. The van der Waals surface area contributed by atoms with Crippen molar-refractivity contribution in [2.24, 2.45) is 0 Å². The van der Waals surface area contributed by atoms with Crippen LogP contribution in [0.3, 0.4) is 0 Å². The van der Waals surface area contributed by atoms with Crippen LogP contribution in [0.1, 0.15) is 6.42 Å². The number of aliphatic hydroxyl groups is 1. The molecule has 2 aromatic rings. The van der Waals surface area contributed by atoms with Crippen molar-refractivity contribution in [3.63, 3.8) is 0 Å². The fraction of sp³-hybridized carbons (Fsp3) is 0.278. The largest absolute Gasteiger partial charge is 0.456 e. The minimum absolute atomic E-state index is 0.0542. The quantitative estimate of drug-likeness (QED) is 0.492. The second-order valence-electron chi connectivity index (χ2n) is 6.24. The fourth-order valence-corrected chi connectivity index (χ4v) is 5.10. The smallest absolute Gasteiger partial charge is 0.279 e.